The largest absolute Gasteiger partial charge is 0.490 e. The molecule has 3 fully saturated rings. The van der Waals surface area contributed by atoms with Crippen LogP contribution in [0.15, 0.2) is 48.6 Å². The van der Waals surface area contributed by atoms with Gasteiger partial charge in [-0.1, -0.05) is 29.8 Å². The molecule has 9 nitrogen and oxygen atoms in total. The zero-order valence-electron chi connectivity index (χ0n) is 30.0. The quantitative estimate of drug-likeness (QED) is 0.396. The predicted molar refractivity (Wildman–Crippen MR) is 201 cm³/mol. The lowest BCUT2D eigenvalue weighted by Crippen LogP contribution is -2.59. The molecule has 51 heavy (non-hydrogen) atoms. The van der Waals surface area contributed by atoms with Crippen LogP contribution in [0.25, 0.3) is 0 Å². The Labute approximate surface area is 308 Å². The Morgan fingerprint density at radius 3 is 2.76 bits per heavy atom. The van der Waals surface area contributed by atoms with Crippen LogP contribution in [0.3, 0.4) is 0 Å². The van der Waals surface area contributed by atoms with Crippen LogP contribution in [-0.4, -0.2) is 101 Å². The van der Waals surface area contributed by atoms with Gasteiger partial charge in [0, 0.05) is 67.9 Å². The van der Waals surface area contributed by atoms with Gasteiger partial charge in [-0.25, -0.2) is 13.1 Å². The number of morpholine rings is 1. The number of nitrogens with zero attached hydrogens (tertiary/aromatic N) is 3. The van der Waals surface area contributed by atoms with E-state index in [4.69, 9.17) is 21.1 Å². The van der Waals surface area contributed by atoms with Gasteiger partial charge in [-0.3, -0.25) is 9.69 Å². The SMILES string of the molecule is C=C1CCC[C@@H](CN2CCN3CCOC[C@@H]3C2)[C@@H]2CC[C@H]2CN2C[C@@]3(CCCc4cc(Cl)ccc43)COc3ccc(cc32)C(=O)NS(=O)(=O)[C@@H]1C. The van der Waals surface area contributed by atoms with E-state index in [9.17, 15) is 13.2 Å². The van der Waals surface area contributed by atoms with Crippen molar-refractivity contribution < 1.29 is 22.7 Å². The Balaban J connectivity index is 1.14. The van der Waals surface area contributed by atoms with Gasteiger partial charge < -0.3 is 19.3 Å². The summed E-state index contributed by atoms with van der Waals surface area (Å²) in [5, 5.41) is -0.109. The second-order valence-corrected chi connectivity index (χ2v) is 18.7. The van der Waals surface area contributed by atoms with E-state index in [1.165, 1.54) is 24.0 Å². The first-order valence-corrected chi connectivity index (χ1v) is 21.1. The van der Waals surface area contributed by atoms with E-state index in [2.05, 4.69) is 38.1 Å². The van der Waals surface area contributed by atoms with Gasteiger partial charge in [0.2, 0.25) is 10.0 Å². The standard InChI is InChI=1S/C40H53ClN4O5S/c1-27-5-3-6-31(21-43-15-16-44-17-18-49-24-34(44)23-43)35-11-8-32(35)22-45-25-40(14-4-7-29-19-33(41)10-12-36(29)40)26-50-38-13-9-30(20-37(38)45)39(46)42-51(47,48)28(27)2/h9-10,12-13,19-20,28,31-32,34-35H,1,3-8,11,14-18,21-26H2,2H3,(H,42,46)/t28-,31+,32+,34+,35+,40+/m1/s1. The van der Waals surface area contributed by atoms with Gasteiger partial charge in [0.25, 0.3) is 5.91 Å². The number of hydrogen-bond donors (Lipinski definition) is 1. The third kappa shape index (κ3) is 7.08. The number of carbonyl (C=O) groups excluding carboxylic acids is 1. The van der Waals surface area contributed by atoms with E-state index in [1.807, 2.05) is 18.2 Å². The lowest BCUT2D eigenvalue weighted by Gasteiger charge is -2.49. The van der Waals surface area contributed by atoms with Gasteiger partial charge in [0.05, 0.1) is 30.8 Å². The third-order valence-electron chi connectivity index (χ3n) is 13.2. The van der Waals surface area contributed by atoms with Crippen molar-refractivity contribution in [2.75, 3.05) is 70.5 Å². The highest BCUT2D eigenvalue weighted by Crippen LogP contribution is 2.48. The molecule has 4 heterocycles. The maximum Gasteiger partial charge on any atom is 0.264 e. The van der Waals surface area contributed by atoms with Gasteiger partial charge in [-0.05, 0) is 118 Å². The van der Waals surface area contributed by atoms with Crippen molar-refractivity contribution in [2.24, 2.45) is 17.8 Å². The second-order valence-electron chi connectivity index (χ2n) is 16.2. The molecule has 0 unspecified atom stereocenters. The summed E-state index contributed by atoms with van der Waals surface area (Å²) in [6.45, 7) is 15.0. The van der Waals surface area contributed by atoms with E-state index in [0.717, 1.165) is 108 Å². The van der Waals surface area contributed by atoms with Crippen molar-refractivity contribution in [3.63, 3.8) is 0 Å². The Bertz CT molecular complexity index is 1770. The molecular weight excluding hydrogens is 684 g/mol. The molecule has 1 spiro atoms. The molecule has 4 aliphatic heterocycles. The summed E-state index contributed by atoms with van der Waals surface area (Å²) in [7, 11) is -3.97. The van der Waals surface area contributed by atoms with Crippen LogP contribution in [-0.2, 0) is 26.6 Å². The number of piperazine rings is 1. The number of nitrogens with one attached hydrogen (secondary N) is 1. The number of anilines is 1. The molecule has 2 aliphatic carbocycles. The predicted octanol–water partition coefficient (Wildman–Crippen LogP) is 5.66. The van der Waals surface area contributed by atoms with Crippen LogP contribution in [0.2, 0.25) is 5.02 Å². The molecule has 8 rings (SSSR count). The number of halogens is 1. The molecule has 1 saturated carbocycles. The highest BCUT2D eigenvalue weighted by atomic mass is 35.5. The Morgan fingerprint density at radius 1 is 1.04 bits per heavy atom. The van der Waals surface area contributed by atoms with Crippen molar-refractivity contribution in [1.29, 1.82) is 0 Å². The number of ether oxygens (including phenoxy) is 2. The van der Waals surface area contributed by atoms with Crippen molar-refractivity contribution in [1.82, 2.24) is 14.5 Å². The third-order valence-corrected chi connectivity index (χ3v) is 15.2. The number of sulfonamides is 1. The fourth-order valence-corrected chi connectivity index (χ4v) is 11.3. The summed E-state index contributed by atoms with van der Waals surface area (Å²) in [5.74, 6) is 1.72. The van der Waals surface area contributed by atoms with Crippen molar-refractivity contribution in [2.45, 2.75) is 75.0 Å². The van der Waals surface area contributed by atoms with Crippen molar-refractivity contribution in [3.8, 4) is 5.75 Å². The zero-order valence-corrected chi connectivity index (χ0v) is 31.5. The number of carbonyl (C=O) groups is 1. The van der Waals surface area contributed by atoms with Crippen LogP contribution in [0.1, 0.15) is 73.4 Å². The Hall–Kier alpha value is -2.63. The lowest BCUT2D eigenvalue weighted by atomic mass is 9.65. The highest BCUT2D eigenvalue weighted by Gasteiger charge is 2.45. The average Bonchev–Trinajstić information content (AvgIpc) is 3.25. The minimum Gasteiger partial charge on any atom is -0.490 e. The molecule has 6 aliphatic rings. The normalized spacial score (nSPS) is 33.1. The summed E-state index contributed by atoms with van der Waals surface area (Å²) >= 11 is 6.49. The summed E-state index contributed by atoms with van der Waals surface area (Å²) in [4.78, 5) is 21.3. The molecule has 1 amide bonds. The molecule has 276 valence electrons. The van der Waals surface area contributed by atoms with Crippen LogP contribution in [0.5, 0.6) is 5.75 Å². The topological polar surface area (TPSA) is 91.4 Å². The van der Waals surface area contributed by atoms with Crippen LogP contribution in [0, 0.1) is 17.8 Å². The fourth-order valence-electron chi connectivity index (χ4n) is 10.0. The average molecular weight is 737 g/mol. The van der Waals surface area contributed by atoms with Crippen LogP contribution in [0.4, 0.5) is 5.69 Å². The van der Waals surface area contributed by atoms with E-state index in [0.29, 0.717) is 48.0 Å². The molecule has 2 aromatic carbocycles. The molecule has 2 bridgehead atoms. The molecule has 0 aromatic heterocycles. The highest BCUT2D eigenvalue weighted by molar-refractivity contribution is 7.90. The summed E-state index contributed by atoms with van der Waals surface area (Å²) in [6, 6.07) is 12.2. The molecule has 2 aromatic rings. The first-order chi connectivity index (χ1) is 24.6. The summed E-state index contributed by atoms with van der Waals surface area (Å²) < 4.78 is 41.9. The van der Waals surface area contributed by atoms with E-state index in [-0.39, 0.29) is 5.41 Å². The van der Waals surface area contributed by atoms with Crippen molar-refractivity contribution in [3.05, 3.63) is 70.3 Å². The van der Waals surface area contributed by atoms with E-state index >= 15 is 0 Å². The molecule has 0 radical (unpaired) electrons. The molecule has 6 atom stereocenters. The summed E-state index contributed by atoms with van der Waals surface area (Å²) in [5.41, 5.74) is 4.23. The monoisotopic (exact) mass is 736 g/mol. The number of fused-ring (bicyclic) bond motifs is 5. The second kappa shape index (κ2) is 14.3. The van der Waals surface area contributed by atoms with Gasteiger partial charge in [-0.15, -0.1) is 0 Å². The number of benzene rings is 2. The first-order valence-electron chi connectivity index (χ1n) is 19.2. The van der Waals surface area contributed by atoms with Crippen LogP contribution < -0.4 is 14.4 Å². The zero-order chi connectivity index (χ0) is 35.3. The number of aryl methyl sites for hydroxylation is 1. The lowest BCUT2D eigenvalue weighted by molar-refractivity contribution is -0.0519. The van der Waals surface area contributed by atoms with Crippen molar-refractivity contribution >= 4 is 33.2 Å². The van der Waals surface area contributed by atoms with Gasteiger partial charge >= 0.3 is 0 Å². The fraction of sp³-hybridized carbons (Fsp3) is 0.625. The smallest absolute Gasteiger partial charge is 0.264 e. The molecule has 11 heteroatoms. The van der Waals surface area contributed by atoms with E-state index < -0.39 is 21.2 Å². The number of rotatable bonds is 2. The molecule has 2 saturated heterocycles. The van der Waals surface area contributed by atoms with Crippen LogP contribution >= 0.6 is 11.6 Å². The maximum absolute atomic E-state index is 13.6. The van der Waals surface area contributed by atoms with Gasteiger partial charge in [0.15, 0.2) is 0 Å². The van der Waals surface area contributed by atoms with Gasteiger partial charge in [0.1, 0.15) is 5.75 Å². The Morgan fingerprint density at radius 2 is 1.92 bits per heavy atom. The molecular formula is C40H53ClN4O5S. The minimum absolute atomic E-state index is 0.222. The number of amides is 1. The summed E-state index contributed by atoms with van der Waals surface area (Å²) in [6.07, 6.45) is 8.00. The number of hydrogen-bond acceptors (Lipinski definition) is 8. The Kier molecular flexibility index (Phi) is 9.93. The van der Waals surface area contributed by atoms with E-state index in [1.54, 1.807) is 13.0 Å². The maximum atomic E-state index is 13.6. The first kappa shape index (κ1) is 35.4. The van der Waals surface area contributed by atoms with Gasteiger partial charge in [-0.2, -0.15) is 0 Å². The molecule has 1 N–H and O–H groups in total. The minimum atomic E-state index is -3.97.